The molecule has 0 heterocycles. The summed E-state index contributed by atoms with van der Waals surface area (Å²) in [5, 5.41) is 25.5. The number of carbonyl (C=O) groups is 1. The molecule has 1 aromatic carbocycles. The molecule has 0 bridgehead atoms. The second-order valence-electron chi connectivity index (χ2n) is 3.69. The number of hydrogen-bond acceptors (Lipinski definition) is 3. The normalized spacial score (nSPS) is 11.3. The SMILES string of the molecule is CCC(O)CCO.Cc1ccccc1C(=O)O. The molecule has 17 heavy (non-hydrogen) atoms. The molecule has 0 saturated carbocycles. The molecule has 1 unspecified atom stereocenters. The van der Waals surface area contributed by atoms with E-state index in [1.54, 1.807) is 25.1 Å². The third-order valence-electron chi connectivity index (χ3n) is 2.31. The van der Waals surface area contributed by atoms with Crippen LogP contribution in [0.2, 0.25) is 0 Å². The first-order chi connectivity index (χ1) is 8.02. The number of benzene rings is 1. The van der Waals surface area contributed by atoms with E-state index in [4.69, 9.17) is 15.3 Å². The number of rotatable bonds is 4. The molecular weight excluding hydrogens is 220 g/mol. The van der Waals surface area contributed by atoms with Gasteiger partial charge in [-0.25, -0.2) is 4.79 Å². The molecule has 0 radical (unpaired) electrons. The van der Waals surface area contributed by atoms with Crippen LogP contribution < -0.4 is 0 Å². The Morgan fingerprint density at radius 2 is 1.94 bits per heavy atom. The van der Waals surface area contributed by atoms with E-state index in [1.807, 2.05) is 13.0 Å². The molecule has 96 valence electrons. The average molecular weight is 240 g/mol. The van der Waals surface area contributed by atoms with Crippen molar-refractivity contribution in [2.24, 2.45) is 0 Å². The van der Waals surface area contributed by atoms with E-state index in [-0.39, 0.29) is 12.7 Å². The molecule has 0 spiro atoms. The lowest BCUT2D eigenvalue weighted by Gasteiger charge is -2.01. The van der Waals surface area contributed by atoms with Gasteiger partial charge >= 0.3 is 5.97 Å². The lowest BCUT2D eigenvalue weighted by Crippen LogP contribution is -2.05. The monoisotopic (exact) mass is 240 g/mol. The van der Waals surface area contributed by atoms with Crippen LogP contribution in [0, 0.1) is 6.92 Å². The number of aromatic carboxylic acids is 1. The first kappa shape index (κ1) is 15.6. The van der Waals surface area contributed by atoms with Gasteiger partial charge in [0.2, 0.25) is 0 Å². The van der Waals surface area contributed by atoms with Crippen LogP contribution in [-0.4, -0.2) is 34.0 Å². The average Bonchev–Trinajstić information content (AvgIpc) is 2.30. The minimum absolute atomic E-state index is 0.0923. The van der Waals surface area contributed by atoms with Crippen LogP contribution in [0.5, 0.6) is 0 Å². The summed E-state index contributed by atoms with van der Waals surface area (Å²) in [6, 6.07) is 6.92. The molecule has 1 rings (SSSR count). The molecular formula is C13H20O4. The minimum atomic E-state index is -0.863. The highest BCUT2D eigenvalue weighted by Gasteiger charge is 2.02. The van der Waals surface area contributed by atoms with E-state index >= 15 is 0 Å². The lowest BCUT2D eigenvalue weighted by atomic mass is 10.1. The van der Waals surface area contributed by atoms with Gasteiger partial charge in [0.15, 0.2) is 0 Å². The smallest absolute Gasteiger partial charge is 0.335 e. The largest absolute Gasteiger partial charge is 0.478 e. The molecule has 0 aliphatic rings. The fourth-order valence-corrected chi connectivity index (χ4v) is 1.17. The van der Waals surface area contributed by atoms with Crippen molar-refractivity contribution in [1.29, 1.82) is 0 Å². The second kappa shape index (κ2) is 8.73. The minimum Gasteiger partial charge on any atom is -0.478 e. The van der Waals surface area contributed by atoms with Crippen LogP contribution in [0.25, 0.3) is 0 Å². The fourth-order valence-electron chi connectivity index (χ4n) is 1.17. The van der Waals surface area contributed by atoms with Crippen LogP contribution in [0.15, 0.2) is 24.3 Å². The standard InChI is InChI=1S/C8H8O2.C5H12O2/c1-6-4-2-3-5-7(6)8(9)10;1-2-5(7)3-4-6/h2-5H,1H3,(H,9,10);5-7H,2-4H2,1H3. The van der Waals surface area contributed by atoms with Crippen molar-refractivity contribution < 1.29 is 20.1 Å². The van der Waals surface area contributed by atoms with Gasteiger partial charge in [0.25, 0.3) is 0 Å². The van der Waals surface area contributed by atoms with Crippen LogP contribution in [0.3, 0.4) is 0 Å². The van der Waals surface area contributed by atoms with Crippen LogP contribution in [-0.2, 0) is 0 Å². The maximum absolute atomic E-state index is 10.4. The summed E-state index contributed by atoms with van der Waals surface area (Å²) in [4.78, 5) is 10.4. The van der Waals surface area contributed by atoms with E-state index in [0.29, 0.717) is 12.0 Å². The Morgan fingerprint density at radius 1 is 1.35 bits per heavy atom. The molecule has 0 amide bonds. The van der Waals surface area contributed by atoms with Crippen LogP contribution in [0.1, 0.15) is 35.7 Å². The Balaban J connectivity index is 0.000000325. The topological polar surface area (TPSA) is 77.8 Å². The van der Waals surface area contributed by atoms with Gasteiger partial charge < -0.3 is 15.3 Å². The molecule has 0 aliphatic carbocycles. The van der Waals surface area contributed by atoms with E-state index in [2.05, 4.69) is 0 Å². The summed E-state index contributed by atoms with van der Waals surface area (Å²) < 4.78 is 0. The Kier molecular flexibility index (Phi) is 8.01. The first-order valence-corrected chi connectivity index (χ1v) is 5.60. The molecule has 4 heteroatoms. The molecule has 1 atom stereocenters. The molecule has 0 aliphatic heterocycles. The van der Waals surface area contributed by atoms with Gasteiger partial charge in [-0.3, -0.25) is 0 Å². The number of aliphatic hydroxyl groups excluding tert-OH is 2. The van der Waals surface area contributed by atoms with Crippen molar-refractivity contribution in [3.63, 3.8) is 0 Å². The zero-order valence-corrected chi connectivity index (χ0v) is 10.3. The highest BCUT2D eigenvalue weighted by molar-refractivity contribution is 5.89. The van der Waals surface area contributed by atoms with Gasteiger partial charge in [-0.2, -0.15) is 0 Å². The van der Waals surface area contributed by atoms with E-state index < -0.39 is 5.97 Å². The van der Waals surface area contributed by atoms with Gasteiger partial charge in [-0.15, -0.1) is 0 Å². The number of aryl methyl sites for hydroxylation is 1. The molecule has 0 aromatic heterocycles. The van der Waals surface area contributed by atoms with Crippen molar-refractivity contribution in [1.82, 2.24) is 0 Å². The van der Waals surface area contributed by atoms with E-state index in [9.17, 15) is 4.79 Å². The zero-order valence-electron chi connectivity index (χ0n) is 10.3. The number of carboxylic acids is 1. The van der Waals surface area contributed by atoms with Crippen molar-refractivity contribution in [3.05, 3.63) is 35.4 Å². The quantitative estimate of drug-likeness (QED) is 0.750. The number of aliphatic hydroxyl groups is 2. The van der Waals surface area contributed by atoms with E-state index in [0.717, 1.165) is 12.0 Å². The summed E-state index contributed by atoms with van der Waals surface area (Å²) in [7, 11) is 0. The van der Waals surface area contributed by atoms with Gasteiger partial charge in [0.1, 0.15) is 0 Å². The van der Waals surface area contributed by atoms with Crippen LogP contribution >= 0.6 is 0 Å². The maximum Gasteiger partial charge on any atom is 0.335 e. The van der Waals surface area contributed by atoms with Gasteiger partial charge in [-0.1, -0.05) is 25.1 Å². The Morgan fingerprint density at radius 3 is 2.24 bits per heavy atom. The maximum atomic E-state index is 10.4. The van der Waals surface area contributed by atoms with Gasteiger partial charge in [0.05, 0.1) is 11.7 Å². The zero-order chi connectivity index (χ0) is 13.3. The predicted molar refractivity (Wildman–Crippen MR) is 66.1 cm³/mol. The fraction of sp³-hybridized carbons (Fsp3) is 0.462. The summed E-state index contributed by atoms with van der Waals surface area (Å²) in [6.07, 6.45) is 0.946. The summed E-state index contributed by atoms with van der Waals surface area (Å²) >= 11 is 0. The summed E-state index contributed by atoms with van der Waals surface area (Å²) in [6.45, 7) is 3.76. The molecule has 0 saturated heterocycles. The van der Waals surface area contributed by atoms with Crippen LogP contribution in [0.4, 0.5) is 0 Å². The van der Waals surface area contributed by atoms with Gasteiger partial charge in [-0.05, 0) is 31.4 Å². The van der Waals surface area contributed by atoms with E-state index in [1.165, 1.54) is 0 Å². The summed E-state index contributed by atoms with van der Waals surface area (Å²) in [5.41, 5.74) is 1.18. The molecule has 3 N–H and O–H groups in total. The van der Waals surface area contributed by atoms with Crippen molar-refractivity contribution >= 4 is 5.97 Å². The Hall–Kier alpha value is -1.39. The van der Waals surface area contributed by atoms with Gasteiger partial charge in [0, 0.05) is 6.61 Å². The molecule has 4 nitrogen and oxygen atoms in total. The number of hydrogen-bond donors (Lipinski definition) is 3. The molecule has 0 fully saturated rings. The van der Waals surface area contributed by atoms with Crippen molar-refractivity contribution in [3.8, 4) is 0 Å². The highest BCUT2D eigenvalue weighted by atomic mass is 16.4. The third kappa shape index (κ3) is 6.71. The third-order valence-corrected chi connectivity index (χ3v) is 2.31. The lowest BCUT2D eigenvalue weighted by molar-refractivity contribution is 0.0696. The first-order valence-electron chi connectivity index (χ1n) is 5.60. The predicted octanol–water partition coefficient (Wildman–Crippen LogP) is 1.83. The Labute approximate surface area is 102 Å². The second-order valence-corrected chi connectivity index (χ2v) is 3.69. The molecule has 1 aromatic rings. The van der Waals surface area contributed by atoms with Crippen molar-refractivity contribution in [2.75, 3.05) is 6.61 Å². The van der Waals surface area contributed by atoms with Crippen molar-refractivity contribution in [2.45, 2.75) is 32.8 Å². The Bertz CT molecular complexity index is 336. The number of carboxylic acid groups (broad SMARTS) is 1. The highest BCUT2D eigenvalue weighted by Crippen LogP contribution is 2.05. The summed E-state index contributed by atoms with van der Waals surface area (Å²) in [5.74, 6) is -0.863.